The maximum atomic E-state index is 12.4. The number of halogens is 2. The minimum atomic E-state index is -0.375. The highest BCUT2D eigenvalue weighted by Crippen LogP contribution is 2.31. The third-order valence-electron chi connectivity index (χ3n) is 4.14. The van der Waals surface area contributed by atoms with Crippen molar-refractivity contribution in [2.75, 3.05) is 16.8 Å². The monoisotopic (exact) mass is 406 g/mol. The predicted molar refractivity (Wildman–Crippen MR) is 99.4 cm³/mol. The van der Waals surface area contributed by atoms with Gasteiger partial charge in [-0.3, -0.25) is 9.59 Å². The van der Waals surface area contributed by atoms with E-state index in [1.165, 1.54) is 0 Å². The highest BCUT2D eigenvalue weighted by atomic mass is 79.9. The first-order valence-electron chi connectivity index (χ1n) is 7.57. The minimum absolute atomic E-state index is 0.0590. The smallest absolute Gasteiger partial charge is 0.229 e. The van der Waals surface area contributed by atoms with Gasteiger partial charge in [-0.25, -0.2) is 0 Å². The highest BCUT2D eigenvalue weighted by Gasteiger charge is 2.35. The molecule has 1 fully saturated rings. The molecule has 1 saturated heterocycles. The lowest BCUT2D eigenvalue weighted by atomic mass is 10.1. The molecule has 3 rings (SSSR count). The van der Waals surface area contributed by atoms with Gasteiger partial charge in [0.05, 0.1) is 5.92 Å². The predicted octanol–water partition coefficient (Wildman–Crippen LogP) is 4.40. The second-order valence-electron chi connectivity index (χ2n) is 5.79. The molecule has 1 heterocycles. The zero-order valence-corrected chi connectivity index (χ0v) is 15.4. The lowest BCUT2D eigenvalue weighted by Crippen LogP contribution is -2.28. The molecule has 0 bridgehead atoms. The van der Waals surface area contributed by atoms with Gasteiger partial charge >= 0.3 is 0 Å². The first-order chi connectivity index (χ1) is 11.5. The molecule has 1 atom stereocenters. The Balaban J connectivity index is 1.73. The molecule has 2 aromatic rings. The Kier molecular flexibility index (Phi) is 4.92. The van der Waals surface area contributed by atoms with Crippen LogP contribution in [0.3, 0.4) is 0 Å². The fraction of sp³-hybridized carbons (Fsp3) is 0.222. The van der Waals surface area contributed by atoms with Crippen LogP contribution in [0.5, 0.6) is 0 Å². The van der Waals surface area contributed by atoms with Crippen LogP contribution in [0.25, 0.3) is 0 Å². The van der Waals surface area contributed by atoms with Crippen molar-refractivity contribution in [3.8, 4) is 0 Å². The molecule has 124 valence electrons. The Labute approximate surface area is 153 Å². The van der Waals surface area contributed by atoms with E-state index in [4.69, 9.17) is 11.6 Å². The maximum absolute atomic E-state index is 12.4. The third-order valence-corrected chi connectivity index (χ3v) is 5.08. The molecule has 0 saturated carbocycles. The average molecular weight is 408 g/mol. The lowest BCUT2D eigenvalue weighted by molar-refractivity contribution is -0.122. The zero-order valence-electron chi connectivity index (χ0n) is 13.1. The molecule has 0 radical (unpaired) electrons. The number of benzene rings is 2. The summed E-state index contributed by atoms with van der Waals surface area (Å²) in [6.07, 6.45) is 0.203. The standard InChI is InChI=1S/C18H16BrClN2O2/c1-11-15(20)3-2-4-16(11)22-10-12(9-17(22)23)18(24)21-14-7-5-13(19)6-8-14/h2-8,12H,9-10H2,1H3,(H,21,24)/t12-/m0/s1. The Morgan fingerprint density at radius 2 is 1.96 bits per heavy atom. The van der Waals surface area contributed by atoms with Crippen molar-refractivity contribution in [3.05, 3.63) is 57.5 Å². The van der Waals surface area contributed by atoms with Gasteiger partial charge in [0.25, 0.3) is 0 Å². The Bertz CT molecular complexity index is 792. The van der Waals surface area contributed by atoms with Crippen molar-refractivity contribution in [2.45, 2.75) is 13.3 Å². The molecule has 0 spiro atoms. The van der Waals surface area contributed by atoms with E-state index in [2.05, 4.69) is 21.2 Å². The number of nitrogens with one attached hydrogen (secondary N) is 1. The number of nitrogens with zero attached hydrogens (tertiary/aromatic N) is 1. The first kappa shape index (κ1) is 17.0. The molecule has 2 aromatic carbocycles. The van der Waals surface area contributed by atoms with Crippen LogP contribution in [-0.2, 0) is 9.59 Å². The van der Waals surface area contributed by atoms with Gasteiger partial charge in [0.1, 0.15) is 0 Å². The largest absolute Gasteiger partial charge is 0.326 e. The van der Waals surface area contributed by atoms with Crippen LogP contribution in [0, 0.1) is 12.8 Å². The van der Waals surface area contributed by atoms with E-state index in [0.717, 1.165) is 15.7 Å². The number of hydrogen-bond donors (Lipinski definition) is 1. The van der Waals surface area contributed by atoms with E-state index in [1.54, 1.807) is 11.0 Å². The summed E-state index contributed by atoms with van der Waals surface area (Å²) in [6, 6.07) is 12.8. The van der Waals surface area contributed by atoms with Crippen LogP contribution in [0.4, 0.5) is 11.4 Å². The van der Waals surface area contributed by atoms with Gasteiger partial charge in [-0.2, -0.15) is 0 Å². The van der Waals surface area contributed by atoms with E-state index >= 15 is 0 Å². The van der Waals surface area contributed by atoms with Crippen LogP contribution in [0.2, 0.25) is 5.02 Å². The summed E-state index contributed by atoms with van der Waals surface area (Å²) in [5.74, 6) is -0.580. The third kappa shape index (κ3) is 3.47. The molecule has 24 heavy (non-hydrogen) atoms. The number of carbonyl (C=O) groups is 2. The summed E-state index contributed by atoms with van der Waals surface area (Å²) in [6.45, 7) is 2.24. The molecular weight excluding hydrogens is 392 g/mol. The summed E-state index contributed by atoms with van der Waals surface area (Å²) in [4.78, 5) is 26.4. The number of anilines is 2. The highest BCUT2D eigenvalue weighted by molar-refractivity contribution is 9.10. The molecule has 4 nitrogen and oxygen atoms in total. The van der Waals surface area contributed by atoms with Gasteiger partial charge in [0, 0.05) is 33.8 Å². The van der Waals surface area contributed by atoms with Gasteiger partial charge in [-0.15, -0.1) is 0 Å². The summed E-state index contributed by atoms with van der Waals surface area (Å²) >= 11 is 9.50. The van der Waals surface area contributed by atoms with Crippen molar-refractivity contribution >= 4 is 50.7 Å². The summed E-state index contributed by atoms with van der Waals surface area (Å²) < 4.78 is 0.944. The Morgan fingerprint density at radius 1 is 1.25 bits per heavy atom. The van der Waals surface area contributed by atoms with Crippen LogP contribution >= 0.6 is 27.5 Å². The number of carbonyl (C=O) groups excluding carboxylic acids is 2. The fourth-order valence-corrected chi connectivity index (χ4v) is 3.22. The SMILES string of the molecule is Cc1c(Cl)cccc1N1C[C@@H](C(=O)Nc2ccc(Br)cc2)CC1=O. The van der Waals surface area contributed by atoms with Crippen molar-refractivity contribution in [2.24, 2.45) is 5.92 Å². The lowest BCUT2D eigenvalue weighted by Gasteiger charge is -2.19. The average Bonchev–Trinajstić information content (AvgIpc) is 2.94. The van der Waals surface area contributed by atoms with Gasteiger partial charge in [0.2, 0.25) is 11.8 Å². The second-order valence-corrected chi connectivity index (χ2v) is 7.11. The van der Waals surface area contributed by atoms with E-state index in [-0.39, 0.29) is 24.2 Å². The van der Waals surface area contributed by atoms with Crippen LogP contribution < -0.4 is 10.2 Å². The quantitative estimate of drug-likeness (QED) is 0.819. The van der Waals surface area contributed by atoms with E-state index in [9.17, 15) is 9.59 Å². The fourth-order valence-electron chi connectivity index (χ4n) is 2.78. The van der Waals surface area contributed by atoms with Crippen molar-refractivity contribution in [1.82, 2.24) is 0 Å². The first-order valence-corrected chi connectivity index (χ1v) is 8.74. The molecular formula is C18H16BrClN2O2. The summed E-state index contributed by atoms with van der Waals surface area (Å²) in [5.41, 5.74) is 2.33. The topological polar surface area (TPSA) is 49.4 Å². The maximum Gasteiger partial charge on any atom is 0.229 e. The normalized spacial score (nSPS) is 17.2. The number of rotatable bonds is 3. The second kappa shape index (κ2) is 6.95. The molecule has 0 unspecified atom stereocenters. The van der Waals surface area contributed by atoms with E-state index in [0.29, 0.717) is 17.3 Å². The summed E-state index contributed by atoms with van der Waals surface area (Å²) in [7, 11) is 0. The Hall–Kier alpha value is -1.85. The van der Waals surface area contributed by atoms with Gasteiger partial charge < -0.3 is 10.2 Å². The number of amides is 2. The van der Waals surface area contributed by atoms with Gasteiger partial charge in [-0.1, -0.05) is 33.6 Å². The molecule has 0 aliphatic carbocycles. The molecule has 0 aromatic heterocycles. The van der Waals surface area contributed by atoms with Crippen LogP contribution in [-0.4, -0.2) is 18.4 Å². The number of hydrogen-bond acceptors (Lipinski definition) is 2. The van der Waals surface area contributed by atoms with Gasteiger partial charge in [-0.05, 0) is 48.9 Å². The molecule has 1 aliphatic heterocycles. The van der Waals surface area contributed by atoms with Crippen molar-refractivity contribution in [3.63, 3.8) is 0 Å². The summed E-state index contributed by atoms with van der Waals surface area (Å²) in [5, 5.41) is 3.48. The van der Waals surface area contributed by atoms with Gasteiger partial charge in [0.15, 0.2) is 0 Å². The Morgan fingerprint density at radius 3 is 2.67 bits per heavy atom. The molecule has 2 amide bonds. The van der Waals surface area contributed by atoms with Crippen LogP contribution in [0.15, 0.2) is 46.9 Å². The van der Waals surface area contributed by atoms with E-state index < -0.39 is 0 Å². The molecule has 1 N–H and O–H groups in total. The minimum Gasteiger partial charge on any atom is -0.326 e. The van der Waals surface area contributed by atoms with Crippen molar-refractivity contribution in [1.29, 1.82) is 0 Å². The molecule has 1 aliphatic rings. The van der Waals surface area contributed by atoms with E-state index in [1.807, 2.05) is 43.3 Å². The molecule has 6 heteroatoms. The zero-order chi connectivity index (χ0) is 17.3. The van der Waals surface area contributed by atoms with Crippen molar-refractivity contribution < 1.29 is 9.59 Å². The van der Waals surface area contributed by atoms with Crippen LogP contribution in [0.1, 0.15) is 12.0 Å².